The first-order valence-corrected chi connectivity index (χ1v) is 6.76. The summed E-state index contributed by atoms with van der Waals surface area (Å²) in [5, 5.41) is 0. The van der Waals surface area contributed by atoms with E-state index in [1.165, 1.54) is 11.3 Å². The van der Waals surface area contributed by atoms with E-state index >= 15 is 0 Å². The van der Waals surface area contributed by atoms with Gasteiger partial charge in [-0.1, -0.05) is 36.4 Å². The second-order valence-corrected chi connectivity index (χ2v) is 4.88. The summed E-state index contributed by atoms with van der Waals surface area (Å²) in [5.74, 6) is 0. The fourth-order valence-corrected chi connectivity index (χ4v) is 2.27. The van der Waals surface area contributed by atoms with Crippen LogP contribution in [-0.4, -0.2) is 14.4 Å². The standard InChI is InChI=1S/C17H17N3/c1-13-14(2)20-12-11-18-16(17(20)19-13)10-6-9-15-7-4-3-5-8-15/h3-8,10-12H,9H2,1-2H3. The summed E-state index contributed by atoms with van der Waals surface area (Å²) in [6.07, 6.45) is 8.87. The first kappa shape index (κ1) is 12.6. The molecule has 0 N–H and O–H groups in total. The summed E-state index contributed by atoms with van der Waals surface area (Å²) in [4.78, 5) is 9.01. The van der Waals surface area contributed by atoms with Crippen molar-refractivity contribution in [1.29, 1.82) is 0 Å². The Hall–Kier alpha value is -2.42. The number of nitrogens with zero attached hydrogens (tertiary/aromatic N) is 3. The maximum absolute atomic E-state index is 4.59. The topological polar surface area (TPSA) is 30.2 Å². The number of aryl methyl sites for hydroxylation is 2. The van der Waals surface area contributed by atoms with Crippen molar-refractivity contribution >= 4 is 11.7 Å². The van der Waals surface area contributed by atoms with Gasteiger partial charge in [0.1, 0.15) is 5.69 Å². The lowest BCUT2D eigenvalue weighted by atomic mass is 10.1. The van der Waals surface area contributed by atoms with Crippen molar-refractivity contribution in [3.63, 3.8) is 0 Å². The summed E-state index contributed by atoms with van der Waals surface area (Å²) in [6.45, 7) is 4.10. The summed E-state index contributed by atoms with van der Waals surface area (Å²) >= 11 is 0. The van der Waals surface area contributed by atoms with Gasteiger partial charge in [-0.05, 0) is 31.9 Å². The molecule has 0 spiro atoms. The van der Waals surface area contributed by atoms with E-state index in [9.17, 15) is 0 Å². The zero-order chi connectivity index (χ0) is 13.9. The van der Waals surface area contributed by atoms with Gasteiger partial charge >= 0.3 is 0 Å². The van der Waals surface area contributed by atoms with Crippen LogP contribution in [0.15, 0.2) is 48.8 Å². The van der Waals surface area contributed by atoms with Gasteiger partial charge in [-0.25, -0.2) is 4.98 Å². The van der Waals surface area contributed by atoms with Gasteiger partial charge in [-0.15, -0.1) is 0 Å². The van der Waals surface area contributed by atoms with Gasteiger partial charge in [0.15, 0.2) is 5.65 Å². The van der Waals surface area contributed by atoms with Crippen molar-refractivity contribution in [2.75, 3.05) is 0 Å². The molecule has 0 radical (unpaired) electrons. The van der Waals surface area contributed by atoms with Gasteiger partial charge in [0, 0.05) is 18.1 Å². The van der Waals surface area contributed by atoms with Crippen LogP contribution in [0.2, 0.25) is 0 Å². The van der Waals surface area contributed by atoms with Crippen LogP contribution in [-0.2, 0) is 6.42 Å². The van der Waals surface area contributed by atoms with Crippen molar-refractivity contribution in [3.8, 4) is 0 Å². The lowest BCUT2D eigenvalue weighted by Gasteiger charge is -1.99. The Balaban J connectivity index is 1.89. The van der Waals surface area contributed by atoms with E-state index in [1.807, 2.05) is 31.5 Å². The van der Waals surface area contributed by atoms with Gasteiger partial charge in [-0.3, -0.25) is 4.98 Å². The van der Waals surface area contributed by atoms with Crippen LogP contribution in [0.1, 0.15) is 22.6 Å². The molecular weight excluding hydrogens is 246 g/mol. The van der Waals surface area contributed by atoms with Crippen LogP contribution in [0.25, 0.3) is 11.7 Å². The molecular formula is C17H17N3. The Morgan fingerprint density at radius 1 is 1.15 bits per heavy atom. The summed E-state index contributed by atoms with van der Waals surface area (Å²) in [5.41, 5.74) is 5.36. The van der Waals surface area contributed by atoms with Crippen LogP contribution in [0.4, 0.5) is 0 Å². The Morgan fingerprint density at radius 3 is 2.75 bits per heavy atom. The van der Waals surface area contributed by atoms with E-state index in [1.54, 1.807) is 0 Å². The second-order valence-electron chi connectivity index (χ2n) is 4.88. The molecule has 100 valence electrons. The molecule has 3 aromatic rings. The SMILES string of the molecule is Cc1nc2c(C=CCc3ccccc3)nccn2c1C. The fraction of sp³-hybridized carbons (Fsp3) is 0.176. The zero-order valence-corrected chi connectivity index (χ0v) is 11.7. The molecule has 3 rings (SSSR count). The predicted octanol–water partition coefficient (Wildman–Crippen LogP) is 3.60. The number of hydrogen-bond acceptors (Lipinski definition) is 2. The van der Waals surface area contributed by atoms with Crippen molar-refractivity contribution < 1.29 is 0 Å². The van der Waals surface area contributed by atoms with E-state index < -0.39 is 0 Å². The third-order valence-electron chi connectivity index (χ3n) is 3.52. The lowest BCUT2D eigenvalue weighted by molar-refractivity contribution is 1.06. The van der Waals surface area contributed by atoms with Crippen LogP contribution in [0.3, 0.4) is 0 Å². The third kappa shape index (κ3) is 2.35. The molecule has 0 saturated carbocycles. The first-order valence-electron chi connectivity index (χ1n) is 6.76. The van der Waals surface area contributed by atoms with Gasteiger partial charge in [-0.2, -0.15) is 0 Å². The van der Waals surface area contributed by atoms with Gasteiger partial charge in [0.05, 0.1) is 5.69 Å². The number of benzene rings is 1. The van der Waals surface area contributed by atoms with E-state index in [4.69, 9.17) is 0 Å². The molecule has 2 heterocycles. The second kappa shape index (κ2) is 5.29. The Kier molecular flexibility index (Phi) is 3.33. The molecule has 20 heavy (non-hydrogen) atoms. The van der Waals surface area contributed by atoms with Crippen molar-refractivity contribution in [3.05, 3.63) is 71.4 Å². The first-order chi connectivity index (χ1) is 9.75. The summed E-state index contributed by atoms with van der Waals surface area (Å²) in [7, 11) is 0. The maximum atomic E-state index is 4.59. The van der Waals surface area contributed by atoms with Gasteiger partial charge in [0.25, 0.3) is 0 Å². The van der Waals surface area contributed by atoms with Crippen molar-refractivity contribution in [1.82, 2.24) is 14.4 Å². The molecule has 0 unspecified atom stereocenters. The van der Waals surface area contributed by atoms with E-state index in [0.717, 1.165) is 23.5 Å². The molecule has 0 saturated heterocycles. The Bertz CT molecular complexity index is 755. The average molecular weight is 263 g/mol. The van der Waals surface area contributed by atoms with Crippen molar-refractivity contribution in [2.24, 2.45) is 0 Å². The lowest BCUT2D eigenvalue weighted by Crippen LogP contribution is -1.92. The molecule has 0 atom stereocenters. The molecule has 0 aliphatic heterocycles. The minimum atomic E-state index is 0.905. The van der Waals surface area contributed by atoms with Crippen LogP contribution >= 0.6 is 0 Å². The van der Waals surface area contributed by atoms with Crippen LogP contribution in [0, 0.1) is 13.8 Å². The highest BCUT2D eigenvalue weighted by molar-refractivity contribution is 5.63. The molecule has 0 amide bonds. The molecule has 3 heteroatoms. The normalized spacial score (nSPS) is 11.5. The molecule has 2 aromatic heterocycles. The molecule has 0 fully saturated rings. The number of aromatic nitrogens is 3. The highest BCUT2D eigenvalue weighted by Crippen LogP contribution is 2.14. The largest absolute Gasteiger partial charge is 0.301 e. The minimum absolute atomic E-state index is 0.905. The number of imidazole rings is 1. The molecule has 0 bridgehead atoms. The van der Waals surface area contributed by atoms with Gasteiger partial charge < -0.3 is 4.40 Å². The monoisotopic (exact) mass is 263 g/mol. The Morgan fingerprint density at radius 2 is 1.95 bits per heavy atom. The predicted molar refractivity (Wildman–Crippen MR) is 81.6 cm³/mol. The quantitative estimate of drug-likeness (QED) is 0.722. The number of fused-ring (bicyclic) bond motifs is 1. The summed E-state index contributed by atoms with van der Waals surface area (Å²) in [6, 6.07) is 10.4. The average Bonchev–Trinajstić information content (AvgIpc) is 2.77. The minimum Gasteiger partial charge on any atom is -0.301 e. The molecule has 0 aliphatic carbocycles. The fourth-order valence-electron chi connectivity index (χ4n) is 2.27. The van der Waals surface area contributed by atoms with E-state index in [0.29, 0.717) is 0 Å². The highest BCUT2D eigenvalue weighted by atomic mass is 15.0. The number of rotatable bonds is 3. The van der Waals surface area contributed by atoms with Crippen LogP contribution < -0.4 is 0 Å². The number of hydrogen-bond donors (Lipinski definition) is 0. The molecule has 1 aromatic carbocycles. The highest BCUT2D eigenvalue weighted by Gasteiger charge is 2.07. The zero-order valence-electron chi connectivity index (χ0n) is 11.7. The Labute approximate surface area is 118 Å². The molecule has 3 nitrogen and oxygen atoms in total. The number of allylic oxidation sites excluding steroid dienone is 1. The van der Waals surface area contributed by atoms with Crippen LogP contribution in [0.5, 0.6) is 0 Å². The van der Waals surface area contributed by atoms with Gasteiger partial charge in [0.2, 0.25) is 0 Å². The smallest absolute Gasteiger partial charge is 0.163 e. The third-order valence-corrected chi connectivity index (χ3v) is 3.52. The summed E-state index contributed by atoms with van der Waals surface area (Å²) < 4.78 is 2.09. The van der Waals surface area contributed by atoms with E-state index in [2.05, 4.69) is 51.6 Å². The maximum Gasteiger partial charge on any atom is 0.163 e. The molecule has 0 aliphatic rings. The van der Waals surface area contributed by atoms with Crippen molar-refractivity contribution in [2.45, 2.75) is 20.3 Å². The van der Waals surface area contributed by atoms with E-state index in [-0.39, 0.29) is 0 Å².